The number of nitrogens with one attached hydrogen (secondary N) is 1. The number of rotatable bonds is 8. The summed E-state index contributed by atoms with van der Waals surface area (Å²) >= 11 is 6.17. The molecule has 3 aromatic rings. The van der Waals surface area contributed by atoms with Crippen molar-refractivity contribution in [3.63, 3.8) is 0 Å². The van der Waals surface area contributed by atoms with E-state index in [-0.39, 0.29) is 24.0 Å². The predicted molar refractivity (Wildman–Crippen MR) is 128 cm³/mol. The Morgan fingerprint density at radius 3 is 2.79 bits per heavy atom. The Bertz CT molecular complexity index is 1180. The maximum Gasteiger partial charge on any atom is 0.287 e. The summed E-state index contributed by atoms with van der Waals surface area (Å²) in [5, 5.41) is 3.52. The lowest BCUT2D eigenvalue weighted by molar-refractivity contribution is -0.121. The molecule has 176 valence electrons. The van der Waals surface area contributed by atoms with Crippen LogP contribution in [0.2, 0.25) is 5.02 Å². The summed E-state index contributed by atoms with van der Waals surface area (Å²) < 4.78 is 12.4. The van der Waals surface area contributed by atoms with Gasteiger partial charge in [-0.1, -0.05) is 37.8 Å². The number of aromatic nitrogens is 2. The fourth-order valence-corrected chi connectivity index (χ4v) is 4.62. The highest BCUT2D eigenvalue weighted by molar-refractivity contribution is 6.30. The van der Waals surface area contributed by atoms with Gasteiger partial charge in [0.05, 0.1) is 11.4 Å². The largest absolute Gasteiger partial charge is 0.485 e. The molecule has 1 aromatic carbocycles. The summed E-state index contributed by atoms with van der Waals surface area (Å²) in [5.41, 5.74) is 1.13. The van der Waals surface area contributed by atoms with Crippen molar-refractivity contribution in [2.75, 3.05) is 5.32 Å². The van der Waals surface area contributed by atoms with Gasteiger partial charge >= 0.3 is 0 Å². The molecule has 0 spiro atoms. The first-order chi connectivity index (χ1) is 15.9. The molecule has 2 aromatic heterocycles. The molecule has 0 bridgehead atoms. The number of fused-ring (bicyclic) bond motifs is 1. The van der Waals surface area contributed by atoms with E-state index in [1.807, 2.05) is 0 Å². The second-order valence-corrected chi connectivity index (χ2v) is 9.30. The minimum atomic E-state index is -0.319. The quantitative estimate of drug-likeness (QED) is 0.451. The Kier molecular flexibility index (Phi) is 7.38. The number of halogens is 1. The molecule has 1 amide bonds. The number of aryl methyl sites for hydroxylation is 1. The van der Waals surface area contributed by atoms with E-state index in [1.165, 1.54) is 25.3 Å². The number of benzene rings is 1. The van der Waals surface area contributed by atoms with Gasteiger partial charge in [0, 0.05) is 29.1 Å². The van der Waals surface area contributed by atoms with Crippen molar-refractivity contribution in [3.8, 4) is 5.75 Å². The van der Waals surface area contributed by atoms with Crippen molar-refractivity contribution in [1.82, 2.24) is 9.56 Å². The zero-order valence-corrected chi connectivity index (χ0v) is 19.9. The number of ether oxygens (including phenoxy) is 1. The number of hydrogen-bond acceptors (Lipinski definition) is 5. The van der Waals surface area contributed by atoms with Gasteiger partial charge in [0.15, 0.2) is 5.65 Å². The fraction of sp³-hybridized carbons (Fsp3) is 0.480. The van der Waals surface area contributed by atoms with Crippen molar-refractivity contribution in [2.45, 2.75) is 65.4 Å². The molecule has 1 fully saturated rings. The van der Waals surface area contributed by atoms with E-state index in [0.29, 0.717) is 33.6 Å². The summed E-state index contributed by atoms with van der Waals surface area (Å²) in [4.78, 5) is 29.6. The van der Waals surface area contributed by atoms with Gasteiger partial charge in [0.1, 0.15) is 18.1 Å². The highest BCUT2D eigenvalue weighted by Gasteiger charge is 2.26. The van der Waals surface area contributed by atoms with Crippen molar-refractivity contribution in [1.29, 1.82) is 0 Å². The summed E-state index contributed by atoms with van der Waals surface area (Å²) in [6.07, 6.45) is 7.81. The van der Waals surface area contributed by atoms with Crippen LogP contribution in [0, 0.1) is 18.8 Å². The lowest BCUT2D eigenvalue weighted by Crippen LogP contribution is -2.27. The maximum absolute atomic E-state index is 12.9. The zero-order valence-electron chi connectivity index (χ0n) is 19.1. The van der Waals surface area contributed by atoms with E-state index < -0.39 is 0 Å². The summed E-state index contributed by atoms with van der Waals surface area (Å²) in [5.74, 6) is 1.81. The van der Waals surface area contributed by atoms with Crippen LogP contribution in [-0.4, -0.2) is 15.5 Å². The molecule has 0 aliphatic heterocycles. The molecule has 0 saturated heterocycles. The molecule has 2 heterocycles. The lowest BCUT2D eigenvalue weighted by Gasteiger charge is -2.28. The van der Waals surface area contributed by atoms with Gasteiger partial charge in [-0.15, -0.1) is 4.57 Å². The Hall–Kier alpha value is -2.80. The molecular formula is C25H30ClN3O4. The van der Waals surface area contributed by atoms with E-state index in [0.717, 1.165) is 36.2 Å². The number of anilines is 1. The van der Waals surface area contributed by atoms with Gasteiger partial charge < -0.3 is 14.6 Å². The number of nitrogens with zero attached hydrogens (tertiary/aromatic N) is 2. The third-order valence-corrected chi connectivity index (χ3v) is 6.52. The van der Waals surface area contributed by atoms with Crippen LogP contribution in [0.15, 0.2) is 39.6 Å². The van der Waals surface area contributed by atoms with Crippen molar-refractivity contribution in [2.24, 2.45) is 11.8 Å². The second-order valence-electron chi connectivity index (χ2n) is 8.86. The Morgan fingerprint density at radius 2 is 2.03 bits per heavy atom. The molecule has 1 aliphatic carbocycles. The van der Waals surface area contributed by atoms with Gasteiger partial charge in [-0.25, -0.2) is 4.98 Å². The van der Waals surface area contributed by atoms with Crippen molar-refractivity contribution in [3.05, 3.63) is 57.2 Å². The van der Waals surface area contributed by atoms with Crippen LogP contribution in [0.25, 0.3) is 5.65 Å². The standard InChI is InChI=1S/C25H30ClN3O4/c1-3-4-5-17-6-8-18(9-7-17)25(31)28-21-11-10-19(26)13-22(21)32-15-20-14-24(30)29-23(27-20)12-16(2)33-29/h10-14,17-18H,3-9,15H2,1-2H3,(H,28,31). The topological polar surface area (TPSA) is 85.8 Å². The number of carbonyl (C=O) groups excluding carboxylic acids is 1. The second kappa shape index (κ2) is 10.4. The molecule has 1 N–H and O–H groups in total. The predicted octanol–water partition coefficient (Wildman–Crippen LogP) is 5.76. The molecule has 1 aliphatic rings. The van der Waals surface area contributed by atoms with Gasteiger partial charge in [-0.3, -0.25) is 9.59 Å². The lowest BCUT2D eigenvalue weighted by atomic mass is 9.79. The normalized spacial score (nSPS) is 18.4. The van der Waals surface area contributed by atoms with Crippen LogP contribution in [0.3, 0.4) is 0 Å². The van der Waals surface area contributed by atoms with Crippen LogP contribution in [0.4, 0.5) is 5.69 Å². The number of carbonyl (C=O) groups is 1. The van der Waals surface area contributed by atoms with E-state index in [2.05, 4.69) is 17.2 Å². The average Bonchev–Trinajstić information content (AvgIpc) is 3.19. The molecule has 0 unspecified atom stereocenters. The van der Waals surface area contributed by atoms with Crippen LogP contribution < -0.4 is 15.6 Å². The third-order valence-electron chi connectivity index (χ3n) is 6.28. The molecular weight excluding hydrogens is 442 g/mol. The Labute approximate surface area is 198 Å². The smallest absolute Gasteiger partial charge is 0.287 e. The van der Waals surface area contributed by atoms with Crippen LogP contribution in [0.1, 0.15) is 63.3 Å². The molecule has 8 heteroatoms. The van der Waals surface area contributed by atoms with Crippen molar-refractivity contribution < 1.29 is 14.1 Å². The first kappa shape index (κ1) is 23.4. The SMILES string of the molecule is CCCCC1CCC(C(=O)Nc2ccc(Cl)cc2OCc2cc(=O)n3oc(C)cc3n2)CC1. The fourth-order valence-electron chi connectivity index (χ4n) is 4.46. The summed E-state index contributed by atoms with van der Waals surface area (Å²) in [6.45, 7) is 4.03. The minimum Gasteiger partial charge on any atom is -0.485 e. The van der Waals surface area contributed by atoms with Gasteiger partial charge in [-0.05, 0) is 50.7 Å². The van der Waals surface area contributed by atoms with E-state index in [1.54, 1.807) is 31.2 Å². The molecule has 33 heavy (non-hydrogen) atoms. The first-order valence-corrected chi connectivity index (χ1v) is 12.0. The number of unbranched alkanes of at least 4 members (excludes halogenated alkanes) is 1. The zero-order chi connectivity index (χ0) is 23.4. The van der Waals surface area contributed by atoms with Gasteiger partial charge in [0.25, 0.3) is 5.56 Å². The third kappa shape index (κ3) is 5.77. The molecule has 0 atom stereocenters. The Balaban J connectivity index is 1.41. The number of amides is 1. The average molecular weight is 472 g/mol. The summed E-state index contributed by atoms with van der Waals surface area (Å²) in [7, 11) is 0. The highest BCUT2D eigenvalue weighted by Crippen LogP contribution is 2.34. The Morgan fingerprint density at radius 1 is 1.24 bits per heavy atom. The number of hydrogen-bond donors (Lipinski definition) is 1. The monoisotopic (exact) mass is 471 g/mol. The molecule has 0 radical (unpaired) electrons. The van der Waals surface area contributed by atoms with Crippen LogP contribution >= 0.6 is 11.6 Å². The molecule has 1 saturated carbocycles. The highest BCUT2D eigenvalue weighted by atomic mass is 35.5. The molecule has 7 nitrogen and oxygen atoms in total. The van der Waals surface area contributed by atoms with Crippen molar-refractivity contribution >= 4 is 28.8 Å². The molecule has 4 rings (SSSR count). The minimum absolute atomic E-state index is 0.0138. The van der Waals surface area contributed by atoms with E-state index in [4.69, 9.17) is 20.9 Å². The summed E-state index contributed by atoms with van der Waals surface area (Å²) in [6, 6.07) is 8.18. The van der Waals surface area contributed by atoms with E-state index in [9.17, 15) is 9.59 Å². The maximum atomic E-state index is 12.9. The van der Waals surface area contributed by atoms with E-state index >= 15 is 0 Å². The van der Waals surface area contributed by atoms with Gasteiger partial charge in [0.2, 0.25) is 5.91 Å². The van der Waals surface area contributed by atoms with Gasteiger partial charge in [-0.2, -0.15) is 0 Å². The van der Waals surface area contributed by atoms with Crippen LogP contribution in [-0.2, 0) is 11.4 Å². The first-order valence-electron chi connectivity index (χ1n) is 11.7. The van der Waals surface area contributed by atoms with Crippen LogP contribution in [0.5, 0.6) is 5.75 Å².